The van der Waals surface area contributed by atoms with Gasteiger partial charge in [-0.25, -0.2) is 0 Å². The molecule has 23 heavy (non-hydrogen) atoms. The zero-order valence-corrected chi connectivity index (χ0v) is 14.8. The predicted octanol–water partition coefficient (Wildman–Crippen LogP) is 3.46. The molecule has 4 nitrogen and oxygen atoms in total. The summed E-state index contributed by atoms with van der Waals surface area (Å²) in [5.74, 6) is -0.572. The standard InChI is InChI=1S/C19H25NO3/c1-18(2,3)17(22)23-12-13(21)11-16-19(4,5)14-9-7-8-10-15(14)20(16)6/h7-11H,12H2,1-6H3/b16-11-. The van der Waals surface area contributed by atoms with E-state index in [1.54, 1.807) is 26.8 Å². The average molecular weight is 315 g/mol. The molecule has 0 spiro atoms. The van der Waals surface area contributed by atoms with E-state index in [2.05, 4.69) is 19.9 Å². The van der Waals surface area contributed by atoms with Crippen molar-refractivity contribution in [2.45, 2.75) is 40.0 Å². The highest BCUT2D eigenvalue weighted by molar-refractivity contribution is 5.94. The van der Waals surface area contributed by atoms with E-state index in [1.165, 1.54) is 5.56 Å². The Morgan fingerprint density at radius 3 is 2.39 bits per heavy atom. The molecule has 1 aromatic rings. The average Bonchev–Trinajstić information content (AvgIpc) is 2.65. The van der Waals surface area contributed by atoms with E-state index in [-0.39, 0.29) is 23.8 Å². The van der Waals surface area contributed by atoms with Crippen LogP contribution < -0.4 is 4.90 Å². The van der Waals surface area contributed by atoms with Crippen LogP contribution in [0.15, 0.2) is 36.0 Å². The number of allylic oxidation sites excluding steroid dienone is 1. The van der Waals surface area contributed by atoms with Crippen molar-refractivity contribution in [3.05, 3.63) is 41.6 Å². The van der Waals surface area contributed by atoms with Gasteiger partial charge >= 0.3 is 5.97 Å². The van der Waals surface area contributed by atoms with E-state index < -0.39 is 5.41 Å². The summed E-state index contributed by atoms with van der Waals surface area (Å²) >= 11 is 0. The molecule has 0 aromatic heterocycles. The largest absolute Gasteiger partial charge is 0.457 e. The van der Waals surface area contributed by atoms with Gasteiger partial charge in [0.05, 0.1) is 5.41 Å². The van der Waals surface area contributed by atoms with Crippen LogP contribution in [0, 0.1) is 5.41 Å². The first-order chi connectivity index (χ1) is 10.5. The fourth-order valence-corrected chi connectivity index (χ4v) is 2.81. The van der Waals surface area contributed by atoms with Crippen molar-refractivity contribution in [3.63, 3.8) is 0 Å². The van der Waals surface area contributed by atoms with E-state index in [9.17, 15) is 9.59 Å². The van der Waals surface area contributed by atoms with Gasteiger partial charge in [-0.05, 0) is 32.4 Å². The summed E-state index contributed by atoms with van der Waals surface area (Å²) in [6.45, 7) is 9.26. The van der Waals surface area contributed by atoms with Crippen LogP contribution in [0.25, 0.3) is 0 Å². The number of likely N-dealkylation sites (N-methyl/N-ethyl adjacent to an activating group) is 1. The molecule has 1 aliphatic heterocycles. The quantitative estimate of drug-likeness (QED) is 0.633. The molecule has 0 amide bonds. The van der Waals surface area contributed by atoms with Gasteiger partial charge in [0.15, 0.2) is 12.4 Å². The van der Waals surface area contributed by atoms with Crippen molar-refractivity contribution in [1.82, 2.24) is 0 Å². The number of carbonyl (C=O) groups is 2. The SMILES string of the molecule is CN1/C(=C\C(=O)COC(=O)C(C)(C)C)C(C)(C)c2ccccc21. The van der Waals surface area contributed by atoms with Crippen LogP contribution in [0.1, 0.15) is 40.2 Å². The van der Waals surface area contributed by atoms with Gasteiger partial charge in [0.25, 0.3) is 0 Å². The van der Waals surface area contributed by atoms with Crippen molar-refractivity contribution in [3.8, 4) is 0 Å². The lowest BCUT2D eigenvalue weighted by Gasteiger charge is -2.24. The number of anilines is 1. The highest BCUT2D eigenvalue weighted by Crippen LogP contribution is 2.46. The third kappa shape index (κ3) is 3.31. The maximum atomic E-state index is 12.2. The fraction of sp³-hybridized carbons (Fsp3) is 0.474. The van der Waals surface area contributed by atoms with E-state index in [4.69, 9.17) is 4.74 Å². The number of nitrogens with zero attached hydrogens (tertiary/aromatic N) is 1. The molecule has 0 atom stereocenters. The summed E-state index contributed by atoms with van der Waals surface area (Å²) in [4.78, 5) is 26.0. The van der Waals surface area contributed by atoms with Gasteiger partial charge in [-0.1, -0.05) is 32.0 Å². The molecule has 4 heteroatoms. The van der Waals surface area contributed by atoms with Gasteiger partial charge in [-0.3, -0.25) is 9.59 Å². The maximum absolute atomic E-state index is 12.2. The Labute approximate surface area is 138 Å². The Kier molecular flexibility index (Phi) is 4.38. The molecule has 0 saturated carbocycles. The molecule has 1 aliphatic rings. The molecule has 2 rings (SSSR count). The Morgan fingerprint density at radius 1 is 1.22 bits per heavy atom. The molecular weight excluding hydrogens is 290 g/mol. The third-order valence-corrected chi connectivity index (χ3v) is 4.20. The van der Waals surface area contributed by atoms with Gasteiger partial charge in [0.2, 0.25) is 0 Å². The highest BCUT2D eigenvalue weighted by atomic mass is 16.5. The van der Waals surface area contributed by atoms with Crippen molar-refractivity contribution in [2.75, 3.05) is 18.6 Å². The summed E-state index contributed by atoms with van der Waals surface area (Å²) < 4.78 is 5.11. The lowest BCUT2D eigenvalue weighted by atomic mass is 9.83. The first-order valence-electron chi connectivity index (χ1n) is 7.80. The van der Waals surface area contributed by atoms with Crippen LogP contribution in [0.3, 0.4) is 0 Å². The molecule has 0 saturated heterocycles. The van der Waals surface area contributed by atoms with Crippen molar-refractivity contribution in [1.29, 1.82) is 0 Å². The second-order valence-electron chi connectivity index (χ2n) is 7.52. The number of fused-ring (bicyclic) bond motifs is 1. The molecule has 0 N–H and O–H groups in total. The third-order valence-electron chi connectivity index (χ3n) is 4.20. The minimum Gasteiger partial charge on any atom is -0.457 e. The fourth-order valence-electron chi connectivity index (χ4n) is 2.81. The minimum atomic E-state index is -0.604. The summed E-state index contributed by atoms with van der Waals surface area (Å²) in [6.07, 6.45) is 1.59. The van der Waals surface area contributed by atoms with E-state index in [0.717, 1.165) is 11.4 Å². The molecule has 0 radical (unpaired) electrons. The summed E-state index contributed by atoms with van der Waals surface area (Å²) in [7, 11) is 1.95. The molecule has 124 valence electrons. The number of benzene rings is 1. The summed E-state index contributed by atoms with van der Waals surface area (Å²) in [5, 5.41) is 0. The monoisotopic (exact) mass is 315 g/mol. The number of ketones is 1. The lowest BCUT2D eigenvalue weighted by molar-refractivity contribution is -0.155. The van der Waals surface area contributed by atoms with Gasteiger partial charge in [-0.2, -0.15) is 0 Å². The highest BCUT2D eigenvalue weighted by Gasteiger charge is 2.38. The van der Waals surface area contributed by atoms with Gasteiger partial charge in [0, 0.05) is 29.9 Å². The Hall–Kier alpha value is -2.10. The molecule has 0 aliphatic carbocycles. The van der Waals surface area contributed by atoms with Crippen LogP contribution >= 0.6 is 0 Å². The van der Waals surface area contributed by atoms with Gasteiger partial charge in [-0.15, -0.1) is 0 Å². The second kappa shape index (κ2) is 5.84. The van der Waals surface area contributed by atoms with E-state index in [0.29, 0.717) is 0 Å². The zero-order valence-electron chi connectivity index (χ0n) is 14.8. The molecule has 0 bridgehead atoms. The number of carbonyl (C=O) groups excluding carboxylic acids is 2. The van der Waals surface area contributed by atoms with Crippen LogP contribution in [0.2, 0.25) is 0 Å². The zero-order chi connectivity index (χ0) is 17.4. The van der Waals surface area contributed by atoms with Crippen molar-refractivity contribution < 1.29 is 14.3 Å². The summed E-state index contributed by atoms with van der Waals surface area (Å²) in [5.41, 5.74) is 2.34. The van der Waals surface area contributed by atoms with E-state index >= 15 is 0 Å². The smallest absolute Gasteiger partial charge is 0.311 e. The maximum Gasteiger partial charge on any atom is 0.311 e. The van der Waals surface area contributed by atoms with Crippen molar-refractivity contribution in [2.24, 2.45) is 5.41 Å². The van der Waals surface area contributed by atoms with Gasteiger partial charge < -0.3 is 9.64 Å². The topological polar surface area (TPSA) is 46.6 Å². The Balaban J connectivity index is 2.17. The van der Waals surface area contributed by atoms with Crippen molar-refractivity contribution >= 4 is 17.4 Å². The second-order valence-corrected chi connectivity index (χ2v) is 7.52. The van der Waals surface area contributed by atoms with Crippen LogP contribution in [-0.4, -0.2) is 25.4 Å². The number of para-hydroxylation sites is 1. The number of ether oxygens (including phenoxy) is 1. The van der Waals surface area contributed by atoms with Crippen LogP contribution in [-0.2, 0) is 19.7 Å². The Bertz CT molecular complexity index is 665. The first kappa shape index (κ1) is 17.3. The number of esters is 1. The molecule has 0 unspecified atom stereocenters. The molecule has 1 heterocycles. The lowest BCUT2D eigenvalue weighted by Crippen LogP contribution is -2.27. The summed E-state index contributed by atoms with van der Waals surface area (Å²) in [6, 6.07) is 8.12. The first-order valence-corrected chi connectivity index (χ1v) is 7.80. The number of rotatable bonds is 3. The van der Waals surface area contributed by atoms with E-state index in [1.807, 2.05) is 30.1 Å². The Morgan fingerprint density at radius 2 is 1.83 bits per heavy atom. The van der Waals surface area contributed by atoms with Gasteiger partial charge in [0.1, 0.15) is 0 Å². The molecular formula is C19H25NO3. The van der Waals surface area contributed by atoms with Crippen LogP contribution in [0.4, 0.5) is 5.69 Å². The number of hydrogen-bond acceptors (Lipinski definition) is 4. The normalized spacial score (nSPS) is 18.0. The minimum absolute atomic E-state index is 0.203. The molecule has 0 fully saturated rings. The van der Waals surface area contributed by atoms with Crippen LogP contribution in [0.5, 0.6) is 0 Å². The molecule has 1 aromatic carbocycles. The predicted molar refractivity (Wildman–Crippen MR) is 91.4 cm³/mol. The number of hydrogen-bond donors (Lipinski definition) is 0.